The molecule has 0 amide bonds. The van der Waals surface area contributed by atoms with Crippen molar-refractivity contribution in [3.63, 3.8) is 0 Å². The van der Waals surface area contributed by atoms with Gasteiger partial charge in [0, 0.05) is 13.1 Å². The van der Waals surface area contributed by atoms with Gasteiger partial charge in [-0.2, -0.15) is 0 Å². The average Bonchev–Trinajstić information content (AvgIpc) is 2.39. The lowest BCUT2D eigenvalue weighted by molar-refractivity contribution is -0.274. The third kappa shape index (κ3) is 7.16. The maximum absolute atomic E-state index is 12.0. The highest BCUT2D eigenvalue weighted by atomic mass is 19.4. The molecule has 22 heavy (non-hydrogen) atoms. The third-order valence-electron chi connectivity index (χ3n) is 2.81. The van der Waals surface area contributed by atoms with Crippen molar-refractivity contribution in [1.82, 2.24) is 4.90 Å². The van der Waals surface area contributed by atoms with Crippen LogP contribution in [0.4, 0.5) is 13.2 Å². The first-order valence-corrected chi connectivity index (χ1v) is 6.57. The Morgan fingerprint density at radius 2 is 1.82 bits per heavy atom. The number of likely N-dealkylation sites (N-methyl/N-ethyl adjacent to an activating group) is 1. The van der Waals surface area contributed by atoms with E-state index in [1.54, 1.807) is 18.9 Å². The number of carboxylic acids is 1. The fraction of sp³-hybridized carbons (Fsp3) is 0.500. The van der Waals surface area contributed by atoms with Gasteiger partial charge in [-0.05, 0) is 31.3 Å². The first kappa shape index (κ1) is 18.1. The predicted octanol–water partition coefficient (Wildman–Crippen LogP) is 2.62. The zero-order chi connectivity index (χ0) is 16.8. The number of hydrogen-bond acceptors (Lipinski definition) is 4. The Kier molecular flexibility index (Phi) is 6.48. The Labute approximate surface area is 126 Å². The molecule has 1 N–H and O–H groups in total. The Bertz CT molecular complexity index is 476. The van der Waals surface area contributed by atoms with E-state index < -0.39 is 18.2 Å². The van der Waals surface area contributed by atoms with E-state index in [0.29, 0.717) is 25.4 Å². The minimum absolute atomic E-state index is 0.294. The summed E-state index contributed by atoms with van der Waals surface area (Å²) in [6.07, 6.45) is -4.72. The van der Waals surface area contributed by atoms with Crippen molar-refractivity contribution in [3.8, 4) is 11.5 Å². The number of hydrogen-bond donors (Lipinski definition) is 1. The van der Waals surface area contributed by atoms with Crippen LogP contribution in [0.5, 0.6) is 11.5 Å². The second-order valence-electron chi connectivity index (χ2n) is 4.87. The second-order valence-corrected chi connectivity index (χ2v) is 4.87. The Morgan fingerprint density at radius 3 is 2.32 bits per heavy atom. The summed E-state index contributed by atoms with van der Waals surface area (Å²) in [6, 6.07) is 5.08. The van der Waals surface area contributed by atoms with Crippen molar-refractivity contribution in [2.75, 3.05) is 26.7 Å². The summed E-state index contributed by atoms with van der Waals surface area (Å²) in [5, 5.41) is 8.79. The molecule has 124 valence electrons. The molecule has 5 nitrogen and oxygen atoms in total. The lowest BCUT2D eigenvalue weighted by Gasteiger charge is -2.19. The van der Waals surface area contributed by atoms with Crippen LogP contribution in [-0.4, -0.2) is 49.1 Å². The minimum atomic E-state index is -4.72. The van der Waals surface area contributed by atoms with Gasteiger partial charge in [-0.1, -0.05) is 6.92 Å². The quantitative estimate of drug-likeness (QED) is 0.797. The van der Waals surface area contributed by atoms with Gasteiger partial charge in [0.25, 0.3) is 0 Å². The van der Waals surface area contributed by atoms with Gasteiger partial charge < -0.3 is 19.5 Å². The molecule has 0 aliphatic carbocycles. The zero-order valence-electron chi connectivity index (χ0n) is 12.3. The Balaban J connectivity index is 2.35. The number of benzene rings is 1. The Morgan fingerprint density at radius 1 is 1.27 bits per heavy atom. The molecule has 0 fully saturated rings. The van der Waals surface area contributed by atoms with Crippen LogP contribution in [-0.2, 0) is 4.79 Å². The summed E-state index contributed by atoms with van der Waals surface area (Å²) in [4.78, 5) is 12.5. The molecule has 0 aliphatic heterocycles. The van der Waals surface area contributed by atoms with Gasteiger partial charge in [-0.25, -0.2) is 0 Å². The van der Waals surface area contributed by atoms with E-state index >= 15 is 0 Å². The monoisotopic (exact) mass is 321 g/mol. The predicted molar refractivity (Wildman–Crippen MR) is 72.9 cm³/mol. The number of halogens is 3. The molecule has 1 atom stereocenters. The van der Waals surface area contributed by atoms with Crippen molar-refractivity contribution in [2.24, 2.45) is 5.92 Å². The molecule has 0 aliphatic rings. The van der Waals surface area contributed by atoms with Gasteiger partial charge in [-0.15, -0.1) is 13.2 Å². The van der Waals surface area contributed by atoms with Crippen LogP contribution in [0, 0.1) is 5.92 Å². The van der Waals surface area contributed by atoms with Gasteiger partial charge in [-0.3, -0.25) is 4.79 Å². The first-order valence-electron chi connectivity index (χ1n) is 6.57. The van der Waals surface area contributed by atoms with Crippen LogP contribution in [0.2, 0.25) is 0 Å². The number of carboxylic acid groups (broad SMARTS) is 1. The van der Waals surface area contributed by atoms with Crippen molar-refractivity contribution in [3.05, 3.63) is 24.3 Å². The maximum atomic E-state index is 12.0. The van der Waals surface area contributed by atoms with Crippen LogP contribution < -0.4 is 9.47 Å². The molecule has 1 unspecified atom stereocenters. The van der Waals surface area contributed by atoms with Crippen LogP contribution in [0.1, 0.15) is 6.92 Å². The molecule has 8 heteroatoms. The van der Waals surface area contributed by atoms with E-state index in [1.807, 2.05) is 0 Å². The molecular weight excluding hydrogens is 303 g/mol. The fourth-order valence-corrected chi connectivity index (χ4v) is 1.69. The number of ether oxygens (including phenoxy) is 2. The number of nitrogens with zero attached hydrogens (tertiary/aromatic N) is 1. The average molecular weight is 321 g/mol. The van der Waals surface area contributed by atoms with E-state index in [2.05, 4.69) is 4.74 Å². The van der Waals surface area contributed by atoms with E-state index in [4.69, 9.17) is 9.84 Å². The first-order chi connectivity index (χ1) is 10.2. The largest absolute Gasteiger partial charge is 0.573 e. The van der Waals surface area contributed by atoms with E-state index in [1.165, 1.54) is 24.3 Å². The van der Waals surface area contributed by atoms with E-state index in [0.717, 1.165) is 0 Å². The van der Waals surface area contributed by atoms with Gasteiger partial charge in [0.05, 0.1) is 5.92 Å². The molecular formula is C14H18F3NO4. The van der Waals surface area contributed by atoms with E-state index in [-0.39, 0.29) is 5.75 Å². The van der Waals surface area contributed by atoms with Gasteiger partial charge in [0.15, 0.2) is 0 Å². The SMILES string of the molecule is CC(CN(C)CCOc1ccc(OC(F)(F)F)cc1)C(=O)O. The zero-order valence-corrected chi connectivity index (χ0v) is 12.3. The third-order valence-corrected chi connectivity index (χ3v) is 2.81. The molecule has 1 aromatic carbocycles. The maximum Gasteiger partial charge on any atom is 0.573 e. The van der Waals surface area contributed by atoms with Crippen LogP contribution >= 0.6 is 0 Å². The molecule has 0 saturated heterocycles. The molecule has 0 aromatic heterocycles. The molecule has 1 aromatic rings. The van der Waals surface area contributed by atoms with Crippen LogP contribution in [0.15, 0.2) is 24.3 Å². The summed E-state index contributed by atoms with van der Waals surface area (Å²) in [5.41, 5.74) is 0. The number of carbonyl (C=O) groups is 1. The molecule has 0 radical (unpaired) electrons. The summed E-state index contributed by atoms with van der Waals surface area (Å²) >= 11 is 0. The molecule has 0 bridgehead atoms. The highest BCUT2D eigenvalue weighted by Gasteiger charge is 2.30. The van der Waals surface area contributed by atoms with Gasteiger partial charge >= 0.3 is 12.3 Å². The summed E-state index contributed by atoms with van der Waals surface area (Å²) in [6.45, 7) is 2.79. The topological polar surface area (TPSA) is 59.0 Å². The van der Waals surface area contributed by atoms with Crippen LogP contribution in [0.3, 0.4) is 0 Å². The normalized spacial score (nSPS) is 13.0. The molecule has 1 rings (SSSR count). The van der Waals surface area contributed by atoms with Crippen molar-refractivity contribution in [2.45, 2.75) is 13.3 Å². The minimum Gasteiger partial charge on any atom is -0.492 e. The highest BCUT2D eigenvalue weighted by molar-refractivity contribution is 5.69. The van der Waals surface area contributed by atoms with Crippen molar-refractivity contribution in [1.29, 1.82) is 0 Å². The molecule has 0 heterocycles. The lowest BCUT2D eigenvalue weighted by Crippen LogP contribution is -2.31. The van der Waals surface area contributed by atoms with Gasteiger partial charge in [0.1, 0.15) is 18.1 Å². The standard InChI is InChI=1S/C14H18F3NO4/c1-10(13(19)20)9-18(2)7-8-21-11-3-5-12(6-4-11)22-14(15,16)17/h3-6,10H,7-9H2,1-2H3,(H,19,20). The smallest absolute Gasteiger partial charge is 0.492 e. The van der Waals surface area contributed by atoms with Gasteiger partial charge in [0.2, 0.25) is 0 Å². The number of aliphatic carboxylic acids is 1. The van der Waals surface area contributed by atoms with E-state index in [9.17, 15) is 18.0 Å². The summed E-state index contributed by atoms with van der Waals surface area (Å²) < 4.78 is 45.1. The highest BCUT2D eigenvalue weighted by Crippen LogP contribution is 2.24. The van der Waals surface area contributed by atoms with Crippen molar-refractivity contribution >= 4 is 5.97 Å². The van der Waals surface area contributed by atoms with Crippen molar-refractivity contribution < 1.29 is 32.5 Å². The number of rotatable bonds is 8. The second kappa shape index (κ2) is 7.88. The van der Waals surface area contributed by atoms with Crippen LogP contribution in [0.25, 0.3) is 0 Å². The fourth-order valence-electron chi connectivity index (χ4n) is 1.69. The Hall–Kier alpha value is -1.96. The summed E-state index contributed by atoms with van der Waals surface area (Å²) in [7, 11) is 1.77. The summed E-state index contributed by atoms with van der Waals surface area (Å²) in [5.74, 6) is -1.25. The number of alkyl halides is 3. The molecule has 0 saturated carbocycles. The lowest BCUT2D eigenvalue weighted by atomic mass is 10.2. The molecule has 0 spiro atoms.